The number of allylic oxidation sites excluding steroid dienone is 1. The molecule has 2 saturated carbocycles. The van der Waals surface area contributed by atoms with E-state index in [-0.39, 0.29) is 17.4 Å². The van der Waals surface area contributed by atoms with Gasteiger partial charge in [0.1, 0.15) is 5.60 Å². The molecule has 8 atom stereocenters. The van der Waals surface area contributed by atoms with Gasteiger partial charge in [-0.1, -0.05) is 57.6 Å². The Morgan fingerprint density at radius 2 is 1.92 bits per heavy atom. The summed E-state index contributed by atoms with van der Waals surface area (Å²) in [6, 6.07) is 0. The second-order valence-corrected chi connectivity index (χ2v) is 9.02. The van der Waals surface area contributed by atoms with Crippen LogP contribution in [0.2, 0.25) is 0 Å². The highest BCUT2D eigenvalue weighted by Gasteiger charge is 2.68. The van der Waals surface area contributed by atoms with Crippen LogP contribution in [0.4, 0.5) is 0 Å². The Bertz CT molecular complexity index is 624. The Balaban J connectivity index is 1.46. The van der Waals surface area contributed by atoms with Gasteiger partial charge in [-0.05, 0) is 48.5 Å². The normalized spacial score (nSPS) is 45.0. The number of aliphatic hydroxyl groups is 2. The van der Waals surface area contributed by atoms with E-state index in [9.17, 15) is 20.1 Å². The highest BCUT2D eigenvalue weighted by atomic mass is 16.4. The summed E-state index contributed by atoms with van der Waals surface area (Å²) in [6.07, 6.45) is 14.5. The maximum atomic E-state index is 11.6. The van der Waals surface area contributed by atoms with Crippen molar-refractivity contribution in [1.29, 1.82) is 0 Å². The second kappa shape index (κ2) is 6.79. The van der Waals surface area contributed by atoms with Crippen LogP contribution in [0.3, 0.4) is 0 Å². The SMILES string of the molecule is CCCCCCCC[C@H]1[C@@H]2C=C[C@]3(O)C(C(=O)O)=C[C@@H](O)[C@H]4C[C@H]1[C@H]2[C@@H]43. The number of carboxylic acids is 1. The van der Waals surface area contributed by atoms with E-state index in [0.29, 0.717) is 23.7 Å². The molecule has 26 heavy (non-hydrogen) atoms. The van der Waals surface area contributed by atoms with Crippen molar-refractivity contribution in [3.05, 3.63) is 23.8 Å². The average Bonchev–Trinajstić information content (AvgIpc) is 2.96. The molecule has 0 spiro atoms. The van der Waals surface area contributed by atoms with E-state index in [1.165, 1.54) is 51.0 Å². The summed E-state index contributed by atoms with van der Waals surface area (Å²) in [5.41, 5.74) is -1.42. The molecule has 0 unspecified atom stereocenters. The zero-order valence-corrected chi connectivity index (χ0v) is 15.7. The van der Waals surface area contributed by atoms with Crippen LogP contribution in [0, 0.1) is 35.5 Å². The van der Waals surface area contributed by atoms with Gasteiger partial charge in [0.2, 0.25) is 0 Å². The van der Waals surface area contributed by atoms with Gasteiger partial charge in [0.25, 0.3) is 0 Å². The summed E-state index contributed by atoms with van der Waals surface area (Å²) in [7, 11) is 0. The third-order valence-corrected chi connectivity index (χ3v) is 7.81. The topological polar surface area (TPSA) is 77.8 Å². The van der Waals surface area contributed by atoms with Crippen molar-refractivity contribution in [2.24, 2.45) is 35.5 Å². The highest BCUT2D eigenvalue weighted by Crippen LogP contribution is 2.68. The van der Waals surface area contributed by atoms with E-state index >= 15 is 0 Å². The van der Waals surface area contributed by atoms with E-state index in [1.54, 1.807) is 6.08 Å². The van der Waals surface area contributed by atoms with Crippen molar-refractivity contribution in [2.45, 2.75) is 70.0 Å². The maximum Gasteiger partial charge on any atom is 0.334 e. The van der Waals surface area contributed by atoms with Crippen LogP contribution >= 0.6 is 0 Å². The van der Waals surface area contributed by atoms with Crippen molar-refractivity contribution >= 4 is 5.97 Å². The number of hydrogen-bond acceptors (Lipinski definition) is 3. The van der Waals surface area contributed by atoms with Gasteiger partial charge in [-0.3, -0.25) is 0 Å². The summed E-state index contributed by atoms with van der Waals surface area (Å²) in [5.74, 6) is 0.759. The summed E-state index contributed by atoms with van der Waals surface area (Å²) >= 11 is 0. The van der Waals surface area contributed by atoms with Crippen LogP contribution in [0.1, 0.15) is 58.3 Å². The lowest BCUT2D eigenvalue weighted by Gasteiger charge is -2.56. The monoisotopic (exact) mass is 360 g/mol. The number of unbranched alkanes of at least 4 members (excludes halogenated alkanes) is 5. The molecular formula is C22H32O4. The zero-order chi connectivity index (χ0) is 18.5. The molecule has 0 aromatic heterocycles. The number of hydrogen-bond donors (Lipinski definition) is 3. The van der Waals surface area contributed by atoms with Gasteiger partial charge in [0, 0.05) is 5.92 Å². The van der Waals surface area contributed by atoms with Crippen LogP contribution in [-0.4, -0.2) is 33.0 Å². The van der Waals surface area contributed by atoms with E-state index in [0.717, 1.165) is 6.42 Å². The first kappa shape index (κ1) is 18.2. The van der Waals surface area contributed by atoms with Gasteiger partial charge in [-0.2, -0.15) is 0 Å². The zero-order valence-electron chi connectivity index (χ0n) is 15.7. The molecule has 0 aromatic rings. The lowest BCUT2D eigenvalue weighted by atomic mass is 9.49. The average molecular weight is 360 g/mol. The molecule has 0 bridgehead atoms. The lowest BCUT2D eigenvalue weighted by molar-refractivity contribution is -0.139. The van der Waals surface area contributed by atoms with Crippen LogP contribution in [0.15, 0.2) is 23.8 Å². The number of rotatable bonds is 8. The third kappa shape index (κ3) is 2.60. The van der Waals surface area contributed by atoms with Gasteiger partial charge in [0.05, 0.1) is 11.7 Å². The summed E-state index contributed by atoms with van der Waals surface area (Å²) in [6.45, 7) is 2.24. The van der Waals surface area contributed by atoms with Crippen molar-refractivity contribution in [1.82, 2.24) is 0 Å². The minimum Gasteiger partial charge on any atom is -0.478 e. The fourth-order valence-electron chi connectivity index (χ4n) is 6.70. The smallest absolute Gasteiger partial charge is 0.334 e. The quantitative estimate of drug-likeness (QED) is 0.457. The Morgan fingerprint density at radius 3 is 2.65 bits per heavy atom. The Kier molecular flexibility index (Phi) is 4.77. The predicted octanol–water partition coefficient (Wildman–Crippen LogP) is 3.54. The maximum absolute atomic E-state index is 11.6. The number of aliphatic carboxylic acids is 1. The van der Waals surface area contributed by atoms with Crippen LogP contribution < -0.4 is 0 Å². The molecule has 4 nitrogen and oxygen atoms in total. The fraction of sp³-hybridized carbons (Fsp3) is 0.773. The minimum atomic E-state index is -1.39. The van der Waals surface area contributed by atoms with Crippen molar-refractivity contribution in [2.75, 3.05) is 0 Å². The molecule has 4 rings (SSSR count). The minimum absolute atomic E-state index is 0.0000965. The standard InChI is InChI=1S/C22H32O4/c1-2-3-4-5-6-7-8-13-14-9-10-22(26)17(21(24)25)12-18(23)16-11-15(13)19(14)20(16)22/h9-10,12-16,18-20,23,26H,2-8,11H2,1H3,(H,24,25)/t13-,14-,15+,16+,18+,19-,20+,22-/m0/s1. The Hall–Kier alpha value is -1.13. The molecule has 0 heterocycles. The molecule has 3 N–H and O–H groups in total. The lowest BCUT2D eigenvalue weighted by Crippen LogP contribution is -2.58. The summed E-state index contributed by atoms with van der Waals surface area (Å²) in [5, 5.41) is 31.2. The molecule has 0 aromatic carbocycles. The van der Waals surface area contributed by atoms with Crippen molar-refractivity contribution < 1.29 is 20.1 Å². The first-order valence-electron chi connectivity index (χ1n) is 10.5. The molecule has 0 saturated heterocycles. The van der Waals surface area contributed by atoms with Gasteiger partial charge in [-0.15, -0.1) is 0 Å². The molecule has 0 aliphatic heterocycles. The van der Waals surface area contributed by atoms with Crippen molar-refractivity contribution in [3.8, 4) is 0 Å². The fourth-order valence-corrected chi connectivity index (χ4v) is 6.70. The van der Waals surface area contributed by atoms with Gasteiger partial charge < -0.3 is 15.3 Å². The van der Waals surface area contributed by atoms with E-state index in [1.807, 2.05) is 0 Å². The molecule has 4 aliphatic rings. The summed E-state index contributed by atoms with van der Waals surface area (Å²) < 4.78 is 0. The first-order chi connectivity index (χ1) is 12.5. The molecule has 0 radical (unpaired) electrons. The van der Waals surface area contributed by atoms with Gasteiger partial charge in [-0.25, -0.2) is 4.79 Å². The largest absolute Gasteiger partial charge is 0.478 e. The van der Waals surface area contributed by atoms with E-state index in [2.05, 4.69) is 13.0 Å². The van der Waals surface area contributed by atoms with Crippen molar-refractivity contribution in [3.63, 3.8) is 0 Å². The number of carboxylic acid groups (broad SMARTS) is 1. The van der Waals surface area contributed by atoms with Gasteiger partial charge >= 0.3 is 5.97 Å². The molecule has 4 heteroatoms. The number of carbonyl (C=O) groups is 1. The molecule has 0 amide bonds. The third-order valence-electron chi connectivity index (χ3n) is 7.81. The molecular weight excluding hydrogens is 328 g/mol. The molecule has 4 aliphatic carbocycles. The van der Waals surface area contributed by atoms with Crippen LogP contribution in [0.25, 0.3) is 0 Å². The van der Waals surface area contributed by atoms with Crippen LogP contribution in [-0.2, 0) is 4.79 Å². The Morgan fingerprint density at radius 1 is 1.19 bits per heavy atom. The second-order valence-electron chi connectivity index (χ2n) is 9.02. The Labute approximate surface area is 156 Å². The molecule has 144 valence electrons. The summed E-state index contributed by atoms with van der Waals surface area (Å²) in [4.78, 5) is 11.6. The van der Waals surface area contributed by atoms with E-state index < -0.39 is 17.7 Å². The van der Waals surface area contributed by atoms with Gasteiger partial charge in [0.15, 0.2) is 0 Å². The van der Waals surface area contributed by atoms with E-state index in [4.69, 9.17) is 0 Å². The molecule has 2 fully saturated rings. The highest BCUT2D eigenvalue weighted by molar-refractivity contribution is 5.90. The predicted molar refractivity (Wildman–Crippen MR) is 99.4 cm³/mol. The first-order valence-corrected chi connectivity index (χ1v) is 10.5. The van der Waals surface area contributed by atoms with Crippen LogP contribution in [0.5, 0.6) is 0 Å². The number of aliphatic hydroxyl groups excluding tert-OH is 1.